The van der Waals surface area contributed by atoms with Crippen molar-refractivity contribution in [2.75, 3.05) is 39.4 Å². The topological polar surface area (TPSA) is 73.7 Å². The number of amides is 1. The van der Waals surface area contributed by atoms with E-state index in [0.717, 1.165) is 32.8 Å². The first-order valence-corrected chi connectivity index (χ1v) is 9.68. The van der Waals surface area contributed by atoms with Crippen molar-refractivity contribution in [1.29, 1.82) is 0 Å². The average Bonchev–Trinajstić information content (AvgIpc) is 3.38. The van der Waals surface area contributed by atoms with Gasteiger partial charge in [-0.2, -0.15) is 5.10 Å². The van der Waals surface area contributed by atoms with Crippen molar-refractivity contribution >= 4 is 17.5 Å². The van der Waals surface area contributed by atoms with E-state index in [2.05, 4.69) is 10.4 Å². The summed E-state index contributed by atoms with van der Waals surface area (Å²) >= 11 is 6.13. The van der Waals surface area contributed by atoms with Crippen LogP contribution in [0.5, 0.6) is 0 Å². The highest BCUT2D eigenvalue weighted by Gasteiger charge is 2.20. The lowest BCUT2D eigenvalue weighted by Gasteiger charge is -2.23. The minimum absolute atomic E-state index is 0.182. The molecule has 4 rings (SSSR count). The predicted molar refractivity (Wildman–Crippen MR) is 105 cm³/mol. The zero-order chi connectivity index (χ0) is 19.3. The summed E-state index contributed by atoms with van der Waals surface area (Å²) < 4.78 is 12.4. The van der Waals surface area contributed by atoms with Gasteiger partial charge in [0.25, 0.3) is 5.91 Å². The molecule has 28 heavy (non-hydrogen) atoms. The number of carbonyl (C=O) groups excluding carboxylic acids is 1. The molecule has 0 spiro atoms. The largest absolute Gasteiger partial charge is 0.463 e. The second kappa shape index (κ2) is 8.60. The number of morpholine rings is 1. The third-order valence-electron chi connectivity index (χ3n) is 4.73. The van der Waals surface area contributed by atoms with Crippen LogP contribution in [0.2, 0.25) is 5.02 Å². The summed E-state index contributed by atoms with van der Waals surface area (Å²) in [5.74, 6) is 0.422. The molecule has 0 saturated carbocycles. The maximum Gasteiger partial charge on any atom is 0.270 e. The van der Waals surface area contributed by atoms with Crippen molar-refractivity contribution in [3.63, 3.8) is 0 Å². The molecule has 0 atom stereocenters. The van der Waals surface area contributed by atoms with Crippen molar-refractivity contribution < 1.29 is 18.8 Å². The number of aromatic nitrogens is 2. The van der Waals surface area contributed by atoms with E-state index >= 15 is 0 Å². The van der Waals surface area contributed by atoms with Gasteiger partial charge in [-0.05, 0) is 30.3 Å². The molecule has 0 bridgehead atoms. The third kappa shape index (κ3) is 4.27. The SMILES string of the molecule is O=C(NCC[NH+]1CCOCC1)c1cc(-c2ccco2)nn1-c1cccc(Cl)c1. The summed E-state index contributed by atoms with van der Waals surface area (Å²) in [6, 6.07) is 12.6. The standard InChI is InChI=1S/C20H21ClN4O3/c21-15-3-1-4-16(13-15)25-18(14-17(23-25)19-5-2-10-28-19)20(26)22-6-7-24-8-11-27-12-9-24/h1-5,10,13-14H,6-9,11-12H2,(H,22,26)/p+1. The van der Waals surface area contributed by atoms with Crippen LogP contribution >= 0.6 is 11.6 Å². The van der Waals surface area contributed by atoms with Gasteiger partial charge in [0.15, 0.2) is 5.76 Å². The molecule has 0 radical (unpaired) electrons. The molecule has 3 heterocycles. The van der Waals surface area contributed by atoms with Gasteiger partial charge in [0.1, 0.15) is 24.5 Å². The van der Waals surface area contributed by atoms with E-state index in [1.807, 2.05) is 18.2 Å². The van der Waals surface area contributed by atoms with Crippen LogP contribution in [0, 0.1) is 0 Å². The highest BCUT2D eigenvalue weighted by Crippen LogP contribution is 2.23. The van der Waals surface area contributed by atoms with Crippen LogP contribution in [0.15, 0.2) is 53.1 Å². The minimum atomic E-state index is -0.182. The molecular weight excluding hydrogens is 380 g/mol. The molecule has 8 heteroatoms. The Morgan fingerprint density at radius 3 is 2.82 bits per heavy atom. The second-order valence-corrected chi connectivity index (χ2v) is 7.09. The first-order chi connectivity index (χ1) is 13.7. The summed E-state index contributed by atoms with van der Waals surface area (Å²) in [7, 11) is 0. The third-order valence-corrected chi connectivity index (χ3v) is 4.97. The molecule has 1 amide bonds. The quantitative estimate of drug-likeness (QED) is 0.655. The molecule has 1 aliphatic heterocycles. The van der Waals surface area contributed by atoms with Crippen LogP contribution in [-0.2, 0) is 4.74 Å². The van der Waals surface area contributed by atoms with E-state index in [4.69, 9.17) is 20.8 Å². The minimum Gasteiger partial charge on any atom is -0.463 e. The molecule has 146 valence electrons. The first kappa shape index (κ1) is 18.7. The maximum atomic E-state index is 12.9. The normalized spacial score (nSPS) is 14.9. The highest BCUT2D eigenvalue weighted by molar-refractivity contribution is 6.30. The number of carbonyl (C=O) groups is 1. The summed E-state index contributed by atoms with van der Waals surface area (Å²) in [5.41, 5.74) is 1.74. The van der Waals surface area contributed by atoms with Crippen molar-refractivity contribution in [1.82, 2.24) is 15.1 Å². The Balaban J connectivity index is 1.54. The van der Waals surface area contributed by atoms with E-state index in [9.17, 15) is 4.79 Å². The summed E-state index contributed by atoms with van der Waals surface area (Å²) in [5, 5.41) is 8.15. The van der Waals surface area contributed by atoms with Crippen LogP contribution < -0.4 is 10.2 Å². The lowest BCUT2D eigenvalue weighted by Crippen LogP contribution is -3.14. The Labute approximate surface area is 167 Å². The molecule has 2 aromatic heterocycles. The van der Waals surface area contributed by atoms with Crippen LogP contribution in [0.1, 0.15) is 10.5 Å². The van der Waals surface area contributed by atoms with E-state index in [1.165, 1.54) is 4.90 Å². The number of furan rings is 1. The lowest BCUT2D eigenvalue weighted by atomic mass is 10.2. The molecular formula is C20H22ClN4O3+. The van der Waals surface area contributed by atoms with Gasteiger partial charge in [-0.25, -0.2) is 4.68 Å². The van der Waals surface area contributed by atoms with Crippen LogP contribution in [0.4, 0.5) is 0 Å². The fraction of sp³-hybridized carbons (Fsp3) is 0.300. The molecule has 3 aromatic rings. The van der Waals surface area contributed by atoms with Crippen LogP contribution in [0.3, 0.4) is 0 Å². The molecule has 1 saturated heterocycles. The number of nitrogens with one attached hydrogen (secondary N) is 2. The van der Waals surface area contributed by atoms with Crippen LogP contribution in [-0.4, -0.2) is 55.1 Å². The maximum absolute atomic E-state index is 12.9. The first-order valence-electron chi connectivity index (χ1n) is 9.30. The van der Waals surface area contributed by atoms with Crippen molar-refractivity contribution in [2.24, 2.45) is 0 Å². The van der Waals surface area contributed by atoms with Crippen molar-refractivity contribution in [2.45, 2.75) is 0 Å². The number of benzene rings is 1. The Morgan fingerprint density at radius 2 is 2.07 bits per heavy atom. The van der Waals surface area contributed by atoms with Gasteiger partial charge in [0.05, 0.1) is 38.3 Å². The Bertz CT molecular complexity index is 933. The van der Waals surface area contributed by atoms with Gasteiger partial charge in [-0.15, -0.1) is 0 Å². The van der Waals surface area contributed by atoms with E-state index in [-0.39, 0.29) is 5.91 Å². The fourth-order valence-corrected chi connectivity index (χ4v) is 3.43. The number of hydrogen-bond donors (Lipinski definition) is 2. The lowest BCUT2D eigenvalue weighted by molar-refractivity contribution is -0.906. The molecule has 2 N–H and O–H groups in total. The number of ether oxygens (including phenoxy) is 1. The summed E-state index contributed by atoms with van der Waals surface area (Å²) in [6.45, 7) is 4.95. The van der Waals surface area contributed by atoms with E-state index in [1.54, 1.807) is 35.2 Å². The number of halogens is 1. The summed E-state index contributed by atoms with van der Waals surface area (Å²) in [4.78, 5) is 14.3. The number of hydrogen-bond acceptors (Lipinski definition) is 4. The zero-order valence-corrected chi connectivity index (χ0v) is 16.1. The Kier molecular flexibility index (Phi) is 5.76. The van der Waals surface area contributed by atoms with E-state index in [0.29, 0.717) is 34.4 Å². The fourth-order valence-electron chi connectivity index (χ4n) is 3.25. The molecule has 0 unspecified atom stereocenters. The summed E-state index contributed by atoms with van der Waals surface area (Å²) in [6.07, 6.45) is 1.58. The number of quaternary nitrogens is 1. The average molecular weight is 402 g/mol. The smallest absolute Gasteiger partial charge is 0.270 e. The molecule has 1 fully saturated rings. The number of nitrogens with zero attached hydrogens (tertiary/aromatic N) is 2. The number of rotatable bonds is 6. The Hall–Kier alpha value is -2.61. The van der Waals surface area contributed by atoms with Gasteiger partial charge in [0.2, 0.25) is 0 Å². The molecule has 1 aliphatic rings. The zero-order valence-electron chi connectivity index (χ0n) is 15.4. The highest BCUT2D eigenvalue weighted by atomic mass is 35.5. The van der Waals surface area contributed by atoms with Crippen molar-refractivity contribution in [3.8, 4) is 17.1 Å². The molecule has 0 aliphatic carbocycles. The second-order valence-electron chi connectivity index (χ2n) is 6.65. The van der Waals surface area contributed by atoms with Gasteiger partial charge < -0.3 is 19.4 Å². The predicted octanol–water partition coefficient (Wildman–Crippen LogP) is 1.43. The molecule has 7 nitrogen and oxygen atoms in total. The van der Waals surface area contributed by atoms with Crippen molar-refractivity contribution in [3.05, 3.63) is 59.4 Å². The monoisotopic (exact) mass is 401 g/mol. The Morgan fingerprint density at radius 1 is 1.21 bits per heavy atom. The van der Waals surface area contributed by atoms with Crippen LogP contribution in [0.25, 0.3) is 17.1 Å². The van der Waals surface area contributed by atoms with Gasteiger partial charge >= 0.3 is 0 Å². The van der Waals surface area contributed by atoms with Gasteiger partial charge in [0, 0.05) is 11.1 Å². The van der Waals surface area contributed by atoms with Gasteiger partial charge in [-0.3, -0.25) is 4.79 Å². The molecule has 1 aromatic carbocycles. The van der Waals surface area contributed by atoms with Gasteiger partial charge in [-0.1, -0.05) is 17.7 Å². The van der Waals surface area contributed by atoms with E-state index < -0.39 is 0 Å².